The SMILES string of the molecule is CCOC(=O)c1nnc(CC(N)=O)c2cc(C)cc(C)c12. The summed E-state index contributed by atoms with van der Waals surface area (Å²) in [6.07, 6.45) is -0.0184. The first kappa shape index (κ1) is 14.9. The zero-order valence-electron chi connectivity index (χ0n) is 12.3. The second kappa shape index (κ2) is 5.87. The molecule has 0 atom stereocenters. The van der Waals surface area contributed by atoms with Gasteiger partial charge in [0.1, 0.15) is 0 Å². The Balaban J connectivity index is 2.74. The van der Waals surface area contributed by atoms with Gasteiger partial charge in [-0.15, -0.1) is 5.10 Å². The summed E-state index contributed by atoms with van der Waals surface area (Å²) in [6, 6.07) is 3.82. The molecule has 1 heterocycles. The molecule has 110 valence electrons. The van der Waals surface area contributed by atoms with E-state index in [1.807, 2.05) is 26.0 Å². The molecule has 0 aliphatic carbocycles. The van der Waals surface area contributed by atoms with Crippen LogP contribution in [0.2, 0.25) is 0 Å². The van der Waals surface area contributed by atoms with Gasteiger partial charge in [-0.1, -0.05) is 11.6 Å². The number of primary amides is 1. The fourth-order valence-corrected chi connectivity index (χ4v) is 2.36. The Morgan fingerprint density at radius 1 is 1.24 bits per heavy atom. The largest absolute Gasteiger partial charge is 0.461 e. The Kier molecular flexibility index (Phi) is 4.16. The highest BCUT2D eigenvalue weighted by Crippen LogP contribution is 2.25. The van der Waals surface area contributed by atoms with Crippen LogP contribution in [0.4, 0.5) is 0 Å². The minimum atomic E-state index is -0.521. The van der Waals surface area contributed by atoms with Gasteiger partial charge >= 0.3 is 5.97 Å². The van der Waals surface area contributed by atoms with E-state index in [2.05, 4.69) is 10.2 Å². The Hall–Kier alpha value is -2.50. The van der Waals surface area contributed by atoms with Crippen molar-refractivity contribution in [2.24, 2.45) is 5.73 Å². The molecule has 0 radical (unpaired) electrons. The third kappa shape index (κ3) is 2.99. The summed E-state index contributed by atoms with van der Waals surface area (Å²) in [7, 11) is 0. The van der Waals surface area contributed by atoms with E-state index in [1.165, 1.54) is 0 Å². The molecule has 2 rings (SSSR count). The van der Waals surface area contributed by atoms with Gasteiger partial charge < -0.3 is 10.5 Å². The zero-order chi connectivity index (χ0) is 15.6. The first-order chi connectivity index (χ1) is 9.93. The van der Waals surface area contributed by atoms with Crippen molar-refractivity contribution in [3.8, 4) is 0 Å². The van der Waals surface area contributed by atoms with Crippen LogP contribution in [0.25, 0.3) is 10.8 Å². The van der Waals surface area contributed by atoms with E-state index in [-0.39, 0.29) is 18.7 Å². The van der Waals surface area contributed by atoms with Gasteiger partial charge in [0, 0.05) is 10.8 Å². The van der Waals surface area contributed by atoms with Gasteiger partial charge in [0.2, 0.25) is 5.91 Å². The van der Waals surface area contributed by atoms with Crippen LogP contribution in [0, 0.1) is 13.8 Å². The van der Waals surface area contributed by atoms with Crippen molar-refractivity contribution in [2.75, 3.05) is 6.61 Å². The van der Waals surface area contributed by atoms with Crippen molar-refractivity contribution in [1.82, 2.24) is 10.2 Å². The zero-order valence-corrected chi connectivity index (χ0v) is 12.3. The number of nitrogens with zero attached hydrogens (tertiary/aromatic N) is 2. The lowest BCUT2D eigenvalue weighted by Crippen LogP contribution is -2.17. The van der Waals surface area contributed by atoms with E-state index < -0.39 is 11.9 Å². The standard InChI is InChI=1S/C15H17N3O3/c1-4-21-15(20)14-13-9(3)5-8(2)6-10(13)11(17-18-14)7-12(16)19/h5-6H,4,7H2,1-3H3,(H2,16,19). The molecule has 0 aliphatic rings. The molecular formula is C15H17N3O3. The average molecular weight is 287 g/mol. The number of amides is 1. The number of nitrogens with two attached hydrogens (primary N) is 1. The monoisotopic (exact) mass is 287 g/mol. The van der Waals surface area contributed by atoms with Crippen molar-refractivity contribution in [3.05, 3.63) is 34.6 Å². The molecule has 1 aromatic carbocycles. The van der Waals surface area contributed by atoms with Gasteiger partial charge in [0.15, 0.2) is 5.69 Å². The molecule has 0 saturated carbocycles. The summed E-state index contributed by atoms with van der Waals surface area (Å²) in [4.78, 5) is 23.2. The van der Waals surface area contributed by atoms with E-state index >= 15 is 0 Å². The summed E-state index contributed by atoms with van der Waals surface area (Å²) < 4.78 is 5.01. The maximum atomic E-state index is 12.0. The Labute approximate surface area is 122 Å². The summed E-state index contributed by atoms with van der Waals surface area (Å²) in [6.45, 7) is 5.81. The number of benzene rings is 1. The molecule has 1 aromatic heterocycles. The predicted octanol–water partition coefficient (Wildman–Crippen LogP) is 1.45. The molecule has 0 bridgehead atoms. The second-order valence-corrected chi connectivity index (χ2v) is 4.86. The molecule has 6 nitrogen and oxygen atoms in total. The third-order valence-electron chi connectivity index (χ3n) is 3.11. The van der Waals surface area contributed by atoms with E-state index in [1.54, 1.807) is 6.92 Å². The van der Waals surface area contributed by atoms with Crippen LogP contribution in [-0.4, -0.2) is 28.7 Å². The van der Waals surface area contributed by atoms with E-state index in [9.17, 15) is 9.59 Å². The van der Waals surface area contributed by atoms with Crippen molar-refractivity contribution in [1.29, 1.82) is 0 Å². The van der Waals surface area contributed by atoms with Crippen LogP contribution in [-0.2, 0) is 16.0 Å². The number of aromatic nitrogens is 2. The van der Waals surface area contributed by atoms with Crippen LogP contribution in [0.15, 0.2) is 12.1 Å². The van der Waals surface area contributed by atoms with Crippen molar-refractivity contribution in [2.45, 2.75) is 27.2 Å². The van der Waals surface area contributed by atoms with E-state index in [0.717, 1.165) is 11.1 Å². The number of hydrogen-bond acceptors (Lipinski definition) is 5. The fourth-order valence-electron chi connectivity index (χ4n) is 2.36. The highest BCUT2D eigenvalue weighted by Gasteiger charge is 2.19. The van der Waals surface area contributed by atoms with Crippen LogP contribution in [0.3, 0.4) is 0 Å². The fraction of sp³-hybridized carbons (Fsp3) is 0.333. The highest BCUT2D eigenvalue weighted by atomic mass is 16.5. The first-order valence-electron chi connectivity index (χ1n) is 6.66. The molecule has 0 saturated heterocycles. The number of carbonyl (C=O) groups is 2. The van der Waals surface area contributed by atoms with Gasteiger partial charge in [-0.3, -0.25) is 4.79 Å². The lowest BCUT2D eigenvalue weighted by molar-refractivity contribution is -0.117. The van der Waals surface area contributed by atoms with Crippen molar-refractivity contribution in [3.63, 3.8) is 0 Å². The van der Waals surface area contributed by atoms with Crippen LogP contribution in [0.5, 0.6) is 0 Å². The molecule has 6 heteroatoms. The summed E-state index contributed by atoms with van der Waals surface area (Å²) >= 11 is 0. The summed E-state index contributed by atoms with van der Waals surface area (Å²) in [5.41, 5.74) is 7.76. The Morgan fingerprint density at radius 3 is 2.57 bits per heavy atom. The quantitative estimate of drug-likeness (QED) is 0.859. The number of fused-ring (bicyclic) bond motifs is 1. The smallest absolute Gasteiger partial charge is 0.359 e. The van der Waals surface area contributed by atoms with Crippen LogP contribution >= 0.6 is 0 Å². The number of esters is 1. The second-order valence-electron chi connectivity index (χ2n) is 4.86. The molecule has 0 spiro atoms. The van der Waals surface area contributed by atoms with E-state index in [0.29, 0.717) is 16.5 Å². The average Bonchev–Trinajstić information content (AvgIpc) is 2.39. The maximum Gasteiger partial charge on any atom is 0.359 e. The minimum absolute atomic E-state index is 0.0184. The Morgan fingerprint density at radius 2 is 1.95 bits per heavy atom. The van der Waals surface area contributed by atoms with E-state index in [4.69, 9.17) is 10.5 Å². The normalized spacial score (nSPS) is 10.6. The topological polar surface area (TPSA) is 95.2 Å². The van der Waals surface area contributed by atoms with Crippen LogP contribution < -0.4 is 5.73 Å². The number of hydrogen-bond donors (Lipinski definition) is 1. The van der Waals surface area contributed by atoms with Gasteiger partial charge in [0.05, 0.1) is 18.7 Å². The lowest BCUT2D eigenvalue weighted by atomic mass is 9.99. The van der Waals surface area contributed by atoms with Gasteiger partial charge in [-0.2, -0.15) is 5.10 Å². The number of ether oxygens (including phenoxy) is 1. The molecule has 2 N–H and O–H groups in total. The minimum Gasteiger partial charge on any atom is -0.461 e. The number of aryl methyl sites for hydroxylation is 2. The molecule has 0 aliphatic heterocycles. The van der Waals surface area contributed by atoms with Crippen molar-refractivity contribution < 1.29 is 14.3 Å². The van der Waals surface area contributed by atoms with Crippen molar-refractivity contribution >= 4 is 22.6 Å². The number of rotatable bonds is 4. The van der Waals surface area contributed by atoms with Gasteiger partial charge in [-0.25, -0.2) is 4.79 Å². The van der Waals surface area contributed by atoms with Crippen LogP contribution in [0.1, 0.15) is 34.2 Å². The highest BCUT2D eigenvalue weighted by molar-refractivity contribution is 6.05. The predicted molar refractivity (Wildman–Crippen MR) is 77.9 cm³/mol. The molecule has 1 amide bonds. The third-order valence-corrected chi connectivity index (χ3v) is 3.11. The molecule has 0 fully saturated rings. The Bertz CT molecular complexity index is 726. The first-order valence-corrected chi connectivity index (χ1v) is 6.66. The summed E-state index contributed by atoms with van der Waals surface area (Å²) in [5, 5.41) is 9.29. The molecule has 0 unspecified atom stereocenters. The van der Waals surface area contributed by atoms with Gasteiger partial charge in [0.25, 0.3) is 0 Å². The lowest BCUT2D eigenvalue weighted by Gasteiger charge is -2.11. The number of carbonyl (C=O) groups excluding carboxylic acids is 2. The summed E-state index contributed by atoms with van der Waals surface area (Å²) in [5.74, 6) is -1.01. The maximum absolute atomic E-state index is 12.0. The molecular weight excluding hydrogens is 270 g/mol. The molecule has 21 heavy (non-hydrogen) atoms. The molecule has 2 aromatic rings. The van der Waals surface area contributed by atoms with Gasteiger partial charge in [-0.05, 0) is 32.4 Å².